The Hall–Kier alpha value is -1.92. The highest BCUT2D eigenvalue weighted by atomic mass is 32.2. The molecule has 0 saturated carbocycles. The van der Waals surface area contributed by atoms with E-state index >= 15 is 0 Å². The normalized spacial score (nSPS) is 18.3. The number of hydrogen-bond donors (Lipinski definition) is 0. The maximum absolute atomic E-state index is 13.3. The summed E-state index contributed by atoms with van der Waals surface area (Å²) in [5.74, 6) is 0.540. The first-order valence-electron chi connectivity index (χ1n) is 8.87. The average molecular weight is 375 g/mol. The average Bonchev–Trinajstić information content (AvgIpc) is 3.05. The Labute approximate surface area is 156 Å². The van der Waals surface area contributed by atoms with E-state index in [4.69, 9.17) is 4.74 Å². The SMILES string of the molecule is Cc1ccc(OC2CCN(S(=O)(=O)c3c(C)c(C)cc(C)c3C)C2)nc1. The molecule has 0 aliphatic carbocycles. The number of nitrogens with zero attached hydrogens (tertiary/aromatic N) is 2. The largest absolute Gasteiger partial charge is 0.473 e. The van der Waals surface area contributed by atoms with Gasteiger partial charge in [-0.05, 0) is 68.9 Å². The van der Waals surface area contributed by atoms with Crippen LogP contribution in [0.1, 0.15) is 34.2 Å². The van der Waals surface area contributed by atoms with Gasteiger partial charge in [-0.25, -0.2) is 13.4 Å². The lowest BCUT2D eigenvalue weighted by atomic mass is 10.0. The molecule has 0 spiro atoms. The molecule has 2 heterocycles. The van der Waals surface area contributed by atoms with Crippen molar-refractivity contribution in [1.82, 2.24) is 9.29 Å². The molecule has 140 valence electrons. The second-order valence-corrected chi connectivity index (χ2v) is 9.03. The summed E-state index contributed by atoms with van der Waals surface area (Å²) in [5.41, 5.74) is 4.73. The summed E-state index contributed by atoms with van der Waals surface area (Å²) in [7, 11) is -3.54. The minimum atomic E-state index is -3.54. The molecule has 5 nitrogen and oxygen atoms in total. The Balaban J connectivity index is 1.83. The fraction of sp³-hybridized carbons (Fsp3) is 0.450. The molecule has 0 radical (unpaired) electrons. The highest BCUT2D eigenvalue weighted by Crippen LogP contribution is 2.31. The molecular formula is C20H26N2O3S. The van der Waals surface area contributed by atoms with Gasteiger partial charge < -0.3 is 4.74 Å². The highest BCUT2D eigenvalue weighted by Gasteiger charge is 2.36. The van der Waals surface area contributed by atoms with E-state index in [0.29, 0.717) is 30.3 Å². The zero-order valence-electron chi connectivity index (χ0n) is 16.0. The van der Waals surface area contributed by atoms with E-state index in [1.54, 1.807) is 10.5 Å². The van der Waals surface area contributed by atoms with Gasteiger partial charge in [0.25, 0.3) is 0 Å². The van der Waals surface area contributed by atoms with Gasteiger partial charge in [-0.3, -0.25) is 0 Å². The summed E-state index contributed by atoms with van der Waals surface area (Å²) in [6.45, 7) is 10.5. The monoisotopic (exact) mass is 374 g/mol. The van der Waals surface area contributed by atoms with Crippen LogP contribution in [0.2, 0.25) is 0 Å². The molecular weight excluding hydrogens is 348 g/mol. The van der Waals surface area contributed by atoms with Crippen LogP contribution in [0.4, 0.5) is 0 Å². The number of ether oxygens (including phenoxy) is 1. The van der Waals surface area contributed by atoms with Crippen LogP contribution < -0.4 is 4.74 Å². The smallest absolute Gasteiger partial charge is 0.243 e. The Bertz CT molecular complexity index is 895. The quantitative estimate of drug-likeness (QED) is 0.822. The molecule has 6 heteroatoms. The van der Waals surface area contributed by atoms with E-state index in [9.17, 15) is 8.42 Å². The number of sulfonamides is 1. The van der Waals surface area contributed by atoms with Crippen molar-refractivity contribution in [1.29, 1.82) is 0 Å². The molecule has 1 aliphatic rings. The van der Waals surface area contributed by atoms with Crippen LogP contribution in [0.15, 0.2) is 29.3 Å². The van der Waals surface area contributed by atoms with E-state index in [1.807, 2.05) is 52.8 Å². The van der Waals surface area contributed by atoms with Gasteiger partial charge in [0, 0.05) is 18.8 Å². The highest BCUT2D eigenvalue weighted by molar-refractivity contribution is 7.89. The maximum atomic E-state index is 13.3. The molecule has 0 amide bonds. The van der Waals surface area contributed by atoms with Gasteiger partial charge in [-0.15, -0.1) is 0 Å². The summed E-state index contributed by atoms with van der Waals surface area (Å²) < 4.78 is 34.0. The molecule has 1 aliphatic heterocycles. The molecule has 1 unspecified atom stereocenters. The lowest BCUT2D eigenvalue weighted by molar-refractivity contribution is 0.207. The fourth-order valence-corrected chi connectivity index (χ4v) is 5.47. The van der Waals surface area contributed by atoms with Crippen LogP contribution >= 0.6 is 0 Å². The van der Waals surface area contributed by atoms with Crippen LogP contribution in [0, 0.1) is 34.6 Å². The molecule has 2 aromatic rings. The van der Waals surface area contributed by atoms with Gasteiger partial charge in [-0.1, -0.05) is 12.1 Å². The first-order valence-corrected chi connectivity index (χ1v) is 10.3. The van der Waals surface area contributed by atoms with Gasteiger partial charge in [-0.2, -0.15) is 4.31 Å². The second-order valence-electron chi connectivity index (χ2n) is 7.15. The molecule has 3 rings (SSSR count). The van der Waals surface area contributed by atoms with Gasteiger partial charge in [0.05, 0.1) is 11.4 Å². The first kappa shape index (κ1) is 18.9. The van der Waals surface area contributed by atoms with Gasteiger partial charge in [0.15, 0.2) is 0 Å². The van der Waals surface area contributed by atoms with E-state index in [-0.39, 0.29) is 6.10 Å². The number of hydrogen-bond acceptors (Lipinski definition) is 4. The molecule has 1 aromatic carbocycles. The van der Waals surface area contributed by atoms with Crippen molar-refractivity contribution >= 4 is 10.0 Å². The number of benzene rings is 1. The lowest BCUT2D eigenvalue weighted by Gasteiger charge is -2.21. The van der Waals surface area contributed by atoms with E-state index in [2.05, 4.69) is 4.98 Å². The van der Waals surface area contributed by atoms with Crippen LogP contribution in [-0.4, -0.2) is 36.9 Å². The van der Waals surface area contributed by atoms with Crippen LogP contribution in [0.25, 0.3) is 0 Å². The number of aryl methyl sites for hydroxylation is 3. The third-order valence-electron chi connectivity index (χ3n) is 5.17. The lowest BCUT2D eigenvalue weighted by Crippen LogP contribution is -2.32. The first-order chi connectivity index (χ1) is 12.2. The summed E-state index contributed by atoms with van der Waals surface area (Å²) in [6, 6.07) is 5.81. The van der Waals surface area contributed by atoms with Gasteiger partial charge in [0.2, 0.25) is 15.9 Å². The summed E-state index contributed by atoms with van der Waals surface area (Å²) in [5, 5.41) is 0. The molecule has 1 fully saturated rings. The van der Waals surface area contributed by atoms with Crippen LogP contribution in [0.5, 0.6) is 5.88 Å². The number of rotatable bonds is 4. The molecule has 1 saturated heterocycles. The van der Waals surface area contributed by atoms with E-state index < -0.39 is 10.0 Å². The van der Waals surface area contributed by atoms with Crippen molar-refractivity contribution in [2.24, 2.45) is 0 Å². The topological polar surface area (TPSA) is 59.5 Å². The maximum Gasteiger partial charge on any atom is 0.243 e. The molecule has 1 atom stereocenters. The van der Waals surface area contributed by atoms with Crippen molar-refractivity contribution in [2.75, 3.05) is 13.1 Å². The van der Waals surface area contributed by atoms with Crippen molar-refractivity contribution in [3.63, 3.8) is 0 Å². The van der Waals surface area contributed by atoms with Crippen LogP contribution in [0.3, 0.4) is 0 Å². The Morgan fingerprint density at radius 1 is 1.08 bits per heavy atom. The Morgan fingerprint density at radius 2 is 1.73 bits per heavy atom. The van der Waals surface area contributed by atoms with Crippen molar-refractivity contribution < 1.29 is 13.2 Å². The second kappa shape index (κ2) is 7.00. The summed E-state index contributed by atoms with van der Waals surface area (Å²) in [6.07, 6.45) is 2.24. The van der Waals surface area contributed by atoms with Crippen LogP contribution in [-0.2, 0) is 10.0 Å². The third kappa shape index (κ3) is 3.48. The minimum Gasteiger partial charge on any atom is -0.473 e. The van der Waals surface area contributed by atoms with Crippen molar-refractivity contribution in [2.45, 2.75) is 52.0 Å². The number of aromatic nitrogens is 1. The Morgan fingerprint density at radius 3 is 2.31 bits per heavy atom. The molecule has 0 N–H and O–H groups in total. The zero-order chi connectivity index (χ0) is 19.1. The predicted molar refractivity (Wildman–Crippen MR) is 102 cm³/mol. The molecule has 1 aromatic heterocycles. The van der Waals surface area contributed by atoms with Gasteiger partial charge in [0.1, 0.15) is 6.10 Å². The van der Waals surface area contributed by atoms with Crippen molar-refractivity contribution in [3.05, 3.63) is 52.2 Å². The Kier molecular flexibility index (Phi) is 5.08. The zero-order valence-corrected chi connectivity index (χ0v) is 16.9. The van der Waals surface area contributed by atoms with E-state index in [0.717, 1.165) is 27.8 Å². The summed E-state index contributed by atoms with van der Waals surface area (Å²) in [4.78, 5) is 4.70. The fourth-order valence-electron chi connectivity index (χ4n) is 3.40. The third-order valence-corrected chi connectivity index (χ3v) is 7.31. The standard InChI is InChI=1S/C20H26N2O3S/c1-13-6-7-19(21-11-13)25-18-8-9-22(12-18)26(23,24)20-16(4)14(2)10-15(3)17(20)5/h6-7,10-11,18H,8-9,12H2,1-5H3. The van der Waals surface area contributed by atoms with E-state index in [1.165, 1.54) is 0 Å². The molecule has 0 bridgehead atoms. The number of pyridine rings is 1. The minimum absolute atomic E-state index is 0.175. The summed E-state index contributed by atoms with van der Waals surface area (Å²) >= 11 is 0. The molecule has 26 heavy (non-hydrogen) atoms. The van der Waals surface area contributed by atoms with Crippen molar-refractivity contribution in [3.8, 4) is 5.88 Å². The predicted octanol–water partition coefficient (Wildman–Crippen LogP) is 3.47. The van der Waals surface area contributed by atoms with Gasteiger partial charge >= 0.3 is 0 Å².